The average molecular weight is 427 g/mol. The molecule has 0 spiro atoms. The summed E-state index contributed by atoms with van der Waals surface area (Å²) in [5, 5.41) is 6.28. The molecule has 2 fully saturated rings. The highest BCUT2D eigenvalue weighted by atomic mass is 79.9. The summed E-state index contributed by atoms with van der Waals surface area (Å²) in [4.78, 5) is 14.4. The van der Waals surface area contributed by atoms with Crippen LogP contribution in [0.3, 0.4) is 0 Å². The summed E-state index contributed by atoms with van der Waals surface area (Å²) in [5.74, 6) is 0.00450. The van der Waals surface area contributed by atoms with Gasteiger partial charge in [-0.1, -0.05) is 15.9 Å². The number of anilines is 1. The Hall–Kier alpha value is -0.530. The zero-order valence-corrected chi connectivity index (χ0v) is 15.9. The number of morpholine rings is 1. The van der Waals surface area contributed by atoms with E-state index in [1.54, 1.807) is 0 Å². The van der Waals surface area contributed by atoms with E-state index in [9.17, 15) is 4.79 Å². The predicted molar refractivity (Wildman–Crippen MR) is 100 cm³/mol. The van der Waals surface area contributed by atoms with E-state index in [1.807, 2.05) is 12.1 Å². The van der Waals surface area contributed by atoms with E-state index in [2.05, 4.69) is 43.6 Å². The molecule has 2 N–H and O–H groups in total. The maximum atomic E-state index is 12.1. The molecule has 0 bridgehead atoms. The maximum Gasteiger partial charge on any atom is 0.250 e. The number of nitrogens with one attached hydrogen (secondary N) is 2. The quantitative estimate of drug-likeness (QED) is 0.775. The SMILES string of the molecule is Cl.Cl.O=C(NC1CCN(c2ccc(Br)cc2)C1)C1CNCCO1. The second-order valence-electron chi connectivity index (χ2n) is 5.48. The number of hydrogen-bond acceptors (Lipinski definition) is 4. The van der Waals surface area contributed by atoms with Crippen LogP contribution in [0.15, 0.2) is 28.7 Å². The van der Waals surface area contributed by atoms with Crippen LogP contribution in [0.25, 0.3) is 0 Å². The maximum absolute atomic E-state index is 12.1. The normalized spacial score (nSPS) is 23.6. The van der Waals surface area contributed by atoms with Crippen LogP contribution < -0.4 is 15.5 Å². The molecule has 1 amide bonds. The molecular weight excluding hydrogens is 405 g/mol. The van der Waals surface area contributed by atoms with Crippen molar-refractivity contribution in [3.05, 3.63) is 28.7 Å². The van der Waals surface area contributed by atoms with Crippen molar-refractivity contribution in [2.45, 2.75) is 18.6 Å². The third kappa shape index (κ3) is 5.50. The van der Waals surface area contributed by atoms with Gasteiger partial charge < -0.3 is 20.3 Å². The number of rotatable bonds is 3. The first kappa shape index (κ1) is 20.5. The smallest absolute Gasteiger partial charge is 0.250 e. The van der Waals surface area contributed by atoms with Gasteiger partial charge in [-0.05, 0) is 30.7 Å². The van der Waals surface area contributed by atoms with Gasteiger partial charge in [0.25, 0.3) is 5.91 Å². The fourth-order valence-corrected chi connectivity index (χ4v) is 3.06. The van der Waals surface area contributed by atoms with Crippen molar-refractivity contribution >= 4 is 52.3 Å². The highest BCUT2D eigenvalue weighted by Crippen LogP contribution is 2.22. The fourth-order valence-electron chi connectivity index (χ4n) is 2.79. The van der Waals surface area contributed by atoms with Gasteiger partial charge in [0.05, 0.1) is 6.61 Å². The molecule has 1 aromatic rings. The van der Waals surface area contributed by atoms with Crippen LogP contribution in [-0.2, 0) is 9.53 Å². The summed E-state index contributed by atoms with van der Waals surface area (Å²) >= 11 is 3.45. The minimum absolute atomic E-state index is 0. The zero-order chi connectivity index (χ0) is 14.7. The molecule has 2 heterocycles. The lowest BCUT2D eigenvalue weighted by Crippen LogP contribution is -2.50. The molecule has 2 aliphatic rings. The molecule has 0 radical (unpaired) electrons. The van der Waals surface area contributed by atoms with Crippen molar-refractivity contribution in [2.24, 2.45) is 0 Å². The molecule has 1 aromatic carbocycles. The first-order valence-corrected chi connectivity index (χ1v) is 8.15. The Labute approximate surface area is 157 Å². The Bertz CT molecular complexity index is 498. The lowest BCUT2D eigenvalue weighted by molar-refractivity contribution is -0.134. The van der Waals surface area contributed by atoms with Crippen LogP contribution >= 0.6 is 40.7 Å². The average Bonchev–Trinajstić information content (AvgIpc) is 2.97. The third-order valence-electron chi connectivity index (χ3n) is 3.95. The van der Waals surface area contributed by atoms with Crippen molar-refractivity contribution in [1.29, 1.82) is 0 Å². The number of amides is 1. The predicted octanol–water partition coefficient (Wildman–Crippen LogP) is 1.98. The van der Waals surface area contributed by atoms with Crippen molar-refractivity contribution in [2.75, 3.05) is 37.7 Å². The Morgan fingerprint density at radius 2 is 2.04 bits per heavy atom. The van der Waals surface area contributed by atoms with Crippen LogP contribution in [0.4, 0.5) is 5.69 Å². The number of benzene rings is 1. The Balaban J connectivity index is 0.00000132. The van der Waals surface area contributed by atoms with Gasteiger partial charge in [-0.15, -0.1) is 24.8 Å². The lowest BCUT2D eigenvalue weighted by atomic mass is 10.2. The van der Waals surface area contributed by atoms with E-state index in [-0.39, 0.29) is 42.9 Å². The summed E-state index contributed by atoms with van der Waals surface area (Å²) < 4.78 is 6.56. The number of carbonyl (C=O) groups is 1. The number of nitrogens with zero attached hydrogens (tertiary/aromatic N) is 1. The molecule has 5 nitrogen and oxygen atoms in total. The van der Waals surface area contributed by atoms with Crippen LogP contribution in [-0.4, -0.2) is 50.8 Å². The Morgan fingerprint density at radius 3 is 2.70 bits per heavy atom. The van der Waals surface area contributed by atoms with Crippen molar-refractivity contribution in [3.63, 3.8) is 0 Å². The zero-order valence-electron chi connectivity index (χ0n) is 12.7. The van der Waals surface area contributed by atoms with Crippen LogP contribution in [0.1, 0.15) is 6.42 Å². The van der Waals surface area contributed by atoms with E-state index >= 15 is 0 Å². The molecule has 0 aliphatic carbocycles. The number of halogens is 3. The van der Waals surface area contributed by atoms with E-state index in [0.29, 0.717) is 13.2 Å². The standard InChI is InChI=1S/C15H20BrN3O2.2ClH/c16-11-1-3-13(4-2-11)19-7-5-12(10-19)18-15(20)14-9-17-6-8-21-14;;/h1-4,12,14,17H,5-10H2,(H,18,20);2*1H. The number of hydrogen-bond donors (Lipinski definition) is 2. The summed E-state index contributed by atoms with van der Waals surface area (Å²) in [6.07, 6.45) is 0.627. The molecule has 2 saturated heterocycles. The van der Waals surface area contributed by atoms with Gasteiger partial charge in [-0.3, -0.25) is 4.79 Å². The topological polar surface area (TPSA) is 53.6 Å². The molecule has 130 valence electrons. The second-order valence-corrected chi connectivity index (χ2v) is 6.40. The van der Waals surface area contributed by atoms with E-state index in [4.69, 9.17) is 4.74 Å². The van der Waals surface area contributed by atoms with Gasteiger partial charge in [-0.2, -0.15) is 0 Å². The van der Waals surface area contributed by atoms with Gasteiger partial charge in [0, 0.05) is 42.4 Å². The van der Waals surface area contributed by atoms with Gasteiger partial charge >= 0.3 is 0 Å². The van der Waals surface area contributed by atoms with Crippen LogP contribution in [0, 0.1) is 0 Å². The molecule has 2 unspecified atom stereocenters. The molecule has 8 heteroatoms. The molecule has 23 heavy (non-hydrogen) atoms. The van der Waals surface area contributed by atoms with E-state index in [1.165, 1.54) is 5.69 Å². The largest absolute Gasteiger partial charge is 0.369 e. The molecule has 2 aliphatic heterocycles. The van der Waals surface area contributed by atoms with Crippen molar-refractivity contribution in [3.8, 4) is 0 Å². The minimum Gasteiger partial charge on any atom is -0.369 e. The Morgan fingerprint density at radius 1 is 1.30 bits per heavy atom. The second kappa shape index (κ2) is 9.69. The van der Waals surface area contributed by atoms with Crippen LogP contribution in [0.2, 0.25) is 0 Å². The highest BCUT2D eigenvalue weighted by Gasteiger charge is 2.28. The third-order valence-corrected chi connectivity index (χ3v) is 4.48. The van der Waals surface area contributed by atoms with Gasteiger partial charge in [-0.25, -0.2) is 0 Å². The van der Waals surface area contributed by atoms with Crippen molar-refractivity contribution in [1.82, 2.24) is 10.6 Å². The summed E-state index contributed by atoms with van der Waals surface area (Å²) in [7, 11) is 0. The lowest BCUT2D eigenvalue weighted by Gasteiger charge is -2.24. The molecular formula is C15H22BrCl2N3O2. The minimum atomic E-state index is -0.347. The summed E-state index contributed by atoms with van der Waals surface area (Å²) in [6, 6.07) is 8.49. The molecule has 0 saturated carbocycles. The fraction of sp³-hybridized carbons (Fsp3) is 0.533. The Kier molecular flexibility index (Phi) is 8.64. The van der Waals surface area contributed by atoms with Gasteiger partial charge in [0.15, 0.2) is 0 Å². The highest BCUT2D eigenvalue weighted by molar-refractivity contribution is 9.10. The summed E-state index contributed by atoms with van der Waals surface area (Å²) in [6.45, 7) is 3.86. The molecule has 3 rings (SSSR count). The van der Waals surface area contributed by atoms with Crippen molar-refractivity contribution < 1.29 is 9.53 Å². The molecule has 0 aromatic heterocycles. The first-order chi connectivity index (χ1) is 10.2. The number of ether oxygens (including phenoxy) is 1. The van der Waals surface area contributed by atoms with Crippen LogP contribution in [0.5, 0.6) is 0 Å². The summed E-state index contributed by atoms with van der Waals surface area (Å²) in [5.41, 5.74) is 1.20. The number of carbonyl (C=O) groups excluding carboxylic acids is 1. The first-order valence-electron chi connectivity index (χ1n) is 7.35. The van der Waals surface area contributed by atoms with Gasteiger partial charge in [0.2, 0.25) is 0 Å². The van der Waals surface area contributed by atoms with E-state index < -0.39 is 0 Å². The monoisotopic (exact) mass is 425 g/mol. The van der Waals surface area contributed by atoms with E-state index in [0.717, 1.165) is 30.5 Å². The van der Waals surface area contributed by atoms with Gasteiger partial charge in [0.1, 0.15) is 6.10 Å². The molecule has 2 atom stereocenters.